The molecular weight excluding hydrogens is 266 g/mol. The number of hydrogen-bond donors (Lipinski definition) is 2. The fraction of sp³-hybridized carbons (Fsp3) is 0. The highest BCUT2D eigenvalue weighted by Gasteiger charge is 2.18. The minimum Gasteiger partial charge on any atom is -0.398 e. The molecule has 0 aliphatic carbocycles. The van der Waals surface area contributed by atoms with E-state index in [4.69, 9.17) is 17.3 Å². The van der Waals surface area contributed by atoms with E-state index in [9.17, 15) is 8.42 Å². The molecule has 8 heteroatoms. The number of rotatable bonds is 3. The van der Waals surface area contributed by atoms with Gasteiger partial charge >= 0.3 is 0 Å². The lowest BCUT2D eigenvalue weighted by Crippen LogP contribution is -2.14. The third kappa shape index (κ3) is 2.51. The Kier molecular flexibility index (Phi) is 2.95. The maximum atomic E-state index is 12.0. The van der Waals surface area contributed by atoms with Crippen molar-refractivity contribution >= 4 is 33.0 Å². The average Bonchev–Trinajstić information content (AvgIpc) is 2.73. The van der Waals surface area contributed by atoms with Crippen LogP contribution in [-0.4, -0.2) is 13.6 Å². The van der Waals surface area contributed by atoms with Crippen molar-refractivity contribution in [2.45, 2.75) is 4.90 Å². The zero-order valence-corrected chi connectivity index (χ0v) is 9.99. The van der Waals surface area contributed by atoms with Gasteiger partial charge in [0.1, 0.15) is 16.8 Å². The molecular formula is C9H8ClN3O3S. The Morgan fingerprint density at radius 1 is 1.41 bits per heavy atom. The second-order valence-electron chi connectivity index (χ2n) is 3.20. The fourth-order valence-electron chi connectivity index (χ4n) is 1.21. The van der Waals surface area contributed by atoms with E-state index < -0.39 is 10.0 Å². The number of anilines is 2. The highest BCUT2D eigenvalue weighted by Crippen LogP contribution is 2.24. The molecule has 0 aliphatic heterocycles. The van der Waals surface area contributed by atoms with Crippen LogP contribution in [0.2, 0.25) is 5.02 Å². The Balaban J connectivity index is 2.41. The third-order valence-electron chi connectivity index (χ3n) is 1.95. The molecule has 0 bridgehead atoms. The zero-order chi connectivity index (χ0) is 12.5. The van der Waals surface area contributed by atoms with Crippen LogP contribution in [0.15, 0.2) is 40.1 Å². The first-order chi connectivity index (χ1) is 7.99. The highest BCUT2D eigenvalue weighted by molar-refractivity contribution is 7.92. The second-order valence-corrected chi connectivity index (χ2v) is 5.29. The van der Waals surface area contributed by atoms with Crippen LogP contribution in [0, 0.1) is 0 Å². The Morgan fingerprint density at radius 3 is 2.82 bits per heavy atom. The minimum atomic E-state index is -3.80. The molecule has 0 atom stereocenters. The molecule has 0 saturated heterocycles. The number of aromatic nitrogens is 1. The van der Waals surface area contributed by atoms with E-state index in [1.54, 1.807) is 0 Å². The monoisotopic (exact) mass is 273 g/mol. The van der Waals surface area contributed by atoms with Crippen molar-refractivity contribution < 1.29 is 12.9 Å². The predicted molar refractivity (Wildman–Crippen MR) is 63.2 cm³/mol. The van der Waals surface area contributed by atoms with Crippen molar-refractivity contribution in [3.8, 4) is 0 Å². The number of hydrogen-bond acceptors (Lipinski definition) is 5. The molecule has 1 aromatic carbocycles. The van der Waals surface area contributed by atoms with Gasteiger partial charge in [-0.05, 0) is 18.2 Å². The van der Waals surface area contributed by atoms with Gasteiger partial charge in [0.05, 0.1) is 11.9 Å². The van der Waals surface area contributed by atoms with Crippen molar-refractivity contribution in [3.05, 3.63) is 35.7 Å². The summed E-state index contributed by atoms with van der Waals surface area (Å²) in [5.41, 5.74) is 5.91. The predicted octanol–water partition coefficient (Wildman–Crippen LogP) is 1.71. The van der Waals surface area contributed by atoms with Gasteiger partial charge in [0.15, 0.2) is 0 Å². The van der Waals surface area contributed by atoms with E-state index in [-0.39, 0.29) is 21.3 Å². The summed E-state index contributed by atoms with van der Waals surface area (Å²) in [5, 5.41) is 3.66. The normalized spacial score (nSPS) is 11.4. The van der Waals surface area contributed by atoms with E-state index in [1.807, 2.05) is 0 Å². The summed E-state index contributed by atoms with van der Waals surface area (Å²) >= 11 is 5.73. The second kappa shape index (κ2) is 4.27. The number of sulfonamides is 1. The van der Waals surface area contributed by atoms with Gasteiger partial charge < -0.3 is 10.3 Å². The van der Waals surface area contributed by atoms with Crippen LogP contribution in [0.4, 0.5) is 11.4 Å². The van der Waals surface area contributed by atoms with Crippen LogP contribution in [0.3, 0.4) is 0 Å². The van der Waals surface area contributed by atoms with Gasteiger partial charge in [-0.25, -0.2) is 8.42 Å². The van der Waals surface area contributed by atoms with Crippen LogP contribution in [0.5, 0.6) is 0 Å². The smallest absolute Gasteiger partial charge is 0.264 e. The van der Waals surface area contributed by atoms with Crippen molar-refractivity contribution in [2.24, 2.45) is 0 Å². The van der Waals surface area contributed by atoms with Gasteiger partial charge in [0.2, 0.25) is 0 Å². The van der Waals surface area contributed by atoms with Crippen molar-refractivity contribution in [3.63, 3.8) is 0 Å². The van der Waals surface area contributed by atoms with Crippen molar-refractivity contribution in [2.75, 3.05) is 10.5 Å². The van der Waals surface area contributed by atoms with E-state index >= 15 is 0 Å². The van der Waals surface area contributed by atoms with Crippen LogP contribution < -0.4 is 10.5 Å². The number of nitrogen functional groups attached to an aromatic ring is 1. The molecule has 1 aromatic heterocycles. The Morgan fingerprint density at radius 2 is 2.18 bits per heavy atom. The standard InChI is InChI=1S/C9H8ClN3O3S/c10-6-1-2-8(11)9(3-6)17(14,15)13-7-4-12-16-5-7/h1-5,13H,11H2. The molecule has 0 amide bonds. The van der Waals surface area contributed by atoms with Gasteiger partial charge in [-0.3, -0.25) is 4.72 Å². The van der Waals surface area contributed by atoms with E-state index in [0.29, 0.717) is 0 Å². The molecule has 0 saturated carbocycles. The quantitative estimate of drug-likeness (QED) is 0.830. The lowest BCUT2D eigenvalue weighted by molar-refractivity contribution is 0.420. The van der Waals surface area contributed by atoms with E-state index in [1.165, 1.54) is 24.4 Å². The molecule has 0 spiro atoms. The average molecular weight is 274 g/mol. The number of nitrogens with zero attached hydrogens (tertiary/aromatic N) is 1. The topological polar surface area (TPSA) is 98.2 Å². The first kappa shape index (κ1) is 11.7. The summed E-state index contributed by atoms with van der Waals surface area (Å²) in [5.74, 6) is 0. The van der Waals surface area contributed by atoms with Crippen LogP contribution in [0.1, 0.15) is 0 Å². The maximum absolute atomic E-state index is 12.0. The van der Waals surface area contributed by atoms with Gasteiger partial charge in [-0.2, -0.15) is 0 Å². The summed E-state index contributed by atoms with van der Waals surface area (Å²) < 4.78 is 30.7. The van der Waals surface area contributed by atoms with Gasteiger partial charge in [0.25, 0.3) is 10.0 Å². The first-order valence-electron chi connectivity index (χ1n) is 4.46. The molecule has 0 fully saturated rings. The van der Waals surface area contributed by atoms with Gasteiger partial charge in [-0.15, -0.1) is 0 Å². The Hall–Kier alpha value is -1.73. The summed E-state index contributed by atoms with van der Waals surface area (Å²) in [6.45, 7) is 0. The molecule has 1 heterocycles. The molecule has 90 valence electrons. The molecule has 0 aliphatic rings. The molecule has 3 N–H and O–H groups in total. The fourth-order valence-corrected chi connectivity index (χ4v) is 2.62. The number of halogens is 1. The molecule has 0 unspecified atom stereocenters. The van der Waals surface area contributed by atoms with E-state index in [2.05, 4.69) is 14.4 Å². The first-order valence-corrected chi connectivity index (χ1v) is 6.32. The maximum Gasteiger partial charge on any atom is 0.264 e. The van der Waals surface area contributed by atoms with Crippen LogP contribution in [-0.2, 0) is 10.0 Å². The summed E-state index contributed by atoms with van der Waals surface area (Å²) in [7, 11) is -3.80. The molecule has 0 radical (unpaired) electrons. The molecule has 17 heavy (non-hydrogen) atoms. The van der Waals surface area contributed by atoms with Crippen LogP contribution >= 0.6 is 11.6 Å². The summed E-state index contributed by atoms with van der Waals surface area (Å²) in [6, 6.07) is 4.20. The van der Waals surface area contributed by atoms with Crippen molar-refractivity contribution in [1.29, 1.82) is 0 Å². The minimum absolute atomic E-state index is 0.0915. The molecule has 2 aromatic rings. The van der Waals surface area contributed by atoms with Gasteiger partial charge in [-0.1, -0.05) is 16.8 Å². The summed E-state index contributed by atoms with van der Waals surface area (Å²) in [6.07, 6.45) is 2.40. The number of nitrogens with one attached hydrogen (secondary N) is 1. The summed E-state index contributed by atoms with van der Waals surface area (Å²) in [4.78, 5) is -0.0915. The van der Waals surface area contributed by atoms with Crippen molar-refractivity contribution in [1.82, 2.24) is 5.16 Å². The molecule has 6 nitrogen and oxygen atoms in total. The largest absolute Gasteiger partial charge is 0.398 e. The Labute approximate surface area is 102 Å². The zero-order valence-electron chi connectivity index (χ0n) is 8.42. The molecule has 2 rings (SSSR count). The number of nitrogens with two attached hydrogens (primary N) is 1. The third-order valence-corrected chi connectivity index (χ3v) is 3.62. The van der Waals surface area contributed by atoms with Gasteiger partial charge in [0, 0.05) is 5.02 Å². The SMILES string of the molecule is Nc1ccc(Cl)cc1S(=O)(=O)Nc1cnoc1. The lowest BCUT2D eigenvalue weighted by Gasteiger charge is -2.08. The number of benzene rings is 1. The lowest BCUT2D eigenvalue weighted by atomic mass is 10.3. The van der Waals surface area contributed by atoms with Crippen LogP contribution in [0.25, 0.3) is 0 Å². The highest BCUT2D eigenvalue weighted by atomic mass is 35.5. The Bertz CT molecular complexity index is 625. The van der Waals surface area contributed by atoms with E-state index in [0.717, 1.165) is 6.26 Å².